The SMILES string of the molecule is C1=CC2CC1CC21CC2CCC1C2. The quantitative estimate of drug-likeness (QED) is 0.494. The van der Waals surface area contributed by atoms with Crippen LogP contribution in [0, 0.1) is 29.1 Å². The lowest BCUT2D eigenvalue weighted by atomic mass is 9.65. The molecule has 0 aromatic carbocycles. The molecular formula is C13H18. The third-order valence-electron chi connectivity index (χ3n) is 5.58. The minimum atomic E-state index is 0.836. The number of allylic oxidation sites excluding steroid dienone is 2. The minimum absolute atomic E-state index is 0.836. The van der Waals surface area contributed by atoms with E-state index in [1.54, 1.807) is 32.1 Å². The van der Waals surface area contributed by atoms with Gasteiger partial charge in [0.25, 0.3) is 0 Å². The third-order valence-corrected chi connectivity index (χ3v) is 5.58. The molecule has 0 saturated heterocycles. The zero-order valence-corrected chi connectivity index (χ0v) is 8.21. The molecule has 4 aliphatic rings. The van der Waals surface area contributed by atoms with Crippen LogP contribution in [-0.2, 0) is 0 Å². The van der Waals surface area contributed by atoms with Crippen molar-refractivity contribution >= 4 is 0 Å². The van der Waals surface area contributed by atoms with Gasteiger partial charge in [0.05, 0.1) is 0 Å². The summed E-state index contributed by atoms with van der Waals surface area (Å²) in [4.78, 5) is 0. The lowest BCUT2D eigenvalue weighted by Crippen LogP contribution is -2.31. The summed E-state index contributed by atoms with van der Waals surface area (Å²) in [6.45, 7) is 0. The summed E-state index contributed by atoms with van der Waals surface area (Å²) in [7, 11) is 0. The summed E-state index contributed by atoms with van der Waals surface area (Å²) in [5.41, 5.74) is 0.836. The summed E-state index contributed by atoms with van der Waals surface area (Å²) >= 11 is 0. The highest BCUT2D eigenvalue weighted by atomic mass is 14.6. The highest BCUT2D eigenvalue weighted by Gasteiger charge is 2.58. The van der Waals surface area contributed by atoms with E-state index in [0.717, 1.165) is 29.1 Å². The molecule has 0 aliphatic heterocycles. The van der Waals surface area contributed by atoms with Gasteiger partial charge in [-0.1, -0.05) is 18.6 Å². The lowest BCUT2D eigenvalue weighted by Gasteiger charge is -2.39. The Kier molecular flexibility index (Phi) is 1.11. The van der Waals surface area contributed by atoms with Crippen LogP contribution in [0.5, 0.6) is 0 Å². The van der Waals surface area contributed by atoms with E-state index in [-0.39, 0.29) is 0 Å². The predicted octanol–water partition coefficient (Wildman–Crippen LogP) is 3.39. The van der Waals surface area contributed by atoms with E-state index in [9.17, 15) is 0 Å². The smallest absolute Gasteiger partial charge is 0.0168 e. The van der Waals surface area contributed by atoms with Crippen LogP contribution in [0.25, 0.3) is 0 Å². The molecule has 0 aromatic heterocycles. The van der Waals surface area contributed by atoms with Gasteiger partial charge < -0.3 is 0 Å². The Hall–Kier alpha value is -0.260. The van der Waals surface area contributed by atoms with Gasteiger partial charge in [-0.05, 0) is 61.2 Å². The van der Waals surface area contributed by atoms with Crippen molar-refractivity contribution in [3.05, 3.63) is 12.2 Å². The van der Waals surface area contributed by atoms with Crippen molar-refractivity contribution in [1.82, 2.24) is 0 Å². The highest BCUT2D eigenvalue weighted by Crippen LogP contribution is 2.68. The van der Waals surface area contributed by atoms with E-state index in [2.05, 4.69) is 12.2 Å². The number of fused-ring (bicyclic) bond motifs is 6. The molecule has 0 amide bonds. The molecule has 3 fully saturated rings. The van der Waals surface area contributed by atoms with Gasteiger partial charge in [0.15, 0.2) is 0 Å². The molecule has 0 aromatic rings. The predicted molar refractivity (Wildman–Crippen MR) is 53.2 cm³/mol. The van der Waals surface area contributed by atoms with E-state index in [1.165, 1.54) is 6.42 Å². The van der Waals surface area contributed by atoms with E-state index in [4.69, 9.17) is 0 Å². The summed E-state index contributed by atoms with van der Waals surface area (Å²) in [5.74, 6) is 4.27. The van der Waals surface area contributed by atoms with Crippen molar-refractivity contribution in [2.45, 2.75) is 38.5 Å². The lowest BCUT2D eigenvalue weighted by molar-refractivity contribution is 0.124. The van der Waals surface area contributed by atoms with Gasteiger partial charge in [-0.15, -0.1) is 0 Å². The molecule has 5 unspecified atom stereocenters. The Morgan fingerprint density at radius 2 is 2.00 bits per heavy atom. The van der Waals surface area contributed by atoms with E-state index in [1.807, 2.05) is 0 Å². The van der Waals surface area contributed by atoms with Crippen LogP contribution in [0.4, 0.5) is 0 Å². The first-order valence-corrected chi connectivity index (χ1v) is 6.05. The molecule has 0 N–H and O–H groups in total. The fraction of sp³-hybridized carbons (Fsp3) is 0.846. The molecule has 4 aliphatic carbocycles. The average molecular weight is 174 g/mol. The summed E-state index contributed by atoms with van der Waals surface area (Å²) in [6.07, 6.45) is 14.5. The normalized spacial score (nSPS) is 61.5. The van der Waals surface area contributed by atoms with Crippen LogP contribution >= 0.6 is 0 Å². The Morgan fingerprint density at radius 1 is 1.00 bits per heavy atom. The first-order chi connectivity index (χ1) is 6.37. The molecule has 4 rings (SSSR count). The summed E-state index contributed by atoms with van der Waals surface area (Å²) in [6, 6.07) is 0. The highest BCUT2D eigenvalue weighted by molar-refractivity contribution is 5.20. The minimum Gasteiger partial charge on any atom is -0.0851 e. The van der Waals surface area contributed by atoms with Crippen LogP contribution in [-0.4, -0.2) is 0 Å². The molecule has 0 radical (unpaired) electrons. The van der Waals surface area contributed by atoms with E-state index < -0.39 is 0 Å². The van der Waals surface area contributed by atoms with Gasteiger partial charge in [0.2, 0.25) is 0 Å². The topological polar surface area (TPSA) is 0 Å². The van der Waals surface area contributed by atoms with Crippen molar-refractivity contribution in [2.75, 3.05) is 0 Å². The zero-order chi connectivity index (χ0) is 8.47. The standard InChI is InChI=1S/C13H18/c1-3-11-5-9(1)7-13(11)8-10-2-4-12(13)6-10/h1,3,9-12H,2,4-8H2. The van der Waals surface area contributed by atoms with Crippen LogP contribution in [0.1, 0.15) is 38.5 Å². The van der Waals surface area contributed by atoms with Gasteiger partial charge in [-0.25, -0.2) is 0 Å². The maximum absolute atomic E-state index is 2.56. The molecule has 70 valence electrons. The van der Waals surface area contributed by atoms with Crippen molar-refractivity contribution in [3.8, 4) is 0 Å². The molecule has 0 nitrogen and oxygen atoms in total. The Balaban J connectivity index is 1.76. The van der Waals surface area contributed by atoms with Crippen LogP contribution < -0.4 is 0 Å². The molecule has 5 atom stereocenters. The van der Waals surface area contributed by atoms with Gasteiger partial charge in [-0.2, -0.15) is 0 Å². The van der Waals surface area contributed by atoms with Crippen molar-refractivity contribution in [2.24, 2.45) is 29.1 Å². The molecule has 0 heterocycles. The molecule has 0 heteroatoms. The number of rotatable bonds is 0. The van der Waals surface area contributed by atoms with E-state index in [0.29, 0.717) is 0 Å². The van der Waals surface area contributed by atoms with Gasteiger partial charge in [0, 0.05) is 0 Å². The number of hydrogen-bond acceptors (Lipinski definition) is 0. The second-order valence-electron chi connectivity index (χ2n) is 6.00. The summed E-state index contributed by atoms with van der Waals surface area (Å²) < 4.78 is 0. The van der Waals surface area contributed by atoms with Gasteiger partial charge >= 0.3 is 0 Å². The van der Waals surface area contributed by atoms with Crippen LogP contribution in [0.15, 0.2) is 12.2 Å². The Bertz CT molecular complexity index is 278. The van der Waals surface area contributed by atoms with Gasteiger partial charge in [0.1, 0.15) is 0 Å². The average Bonchev–Trinajstić information content (AvgIpc) is 2.79. The fourth-order valence-corrected chi connectivity index (χ4v) is 5.18. The van der Waals surface area contributed by atoms with Gasteiger partial charge in [-0.3, -0.25) is 0 Å². The number of hydrogen-bond donors (Lipinski definition) is 0. The fourth-order valence-electron chi connectivity index (χ4n) is 5.18. The maximum Gasteiger partial charge on any atom is -0.0168 e. The largest absolute Gasteiger partial charge is 0.0851 e. The van der Waals surface area contributed by atoms with Crippen molar-refractivity contribution in [1.29, 1.82) is 0 Å². The molecule has 1 spiro atoms. The Morgan fingerprint density at radius 3 is 2.54 bits per heavy atom. The van der Waals surface area contributed by atoms with Crippen molar-refractivity contribution < 1.29 is 0 Å². The molecule has 13 heavy (non-hydrogen) atoms. The first kappa shape index (κ1) is 7.09. The second kappa shape index (κ2) is 2.04. The monoisotopic (exact) mass is 174 g/mol. The third kappa shape index (κ3) is 0.705. The molecule has 3 saturated carbocycles. The second-order valence-corrected chi connectivity index (χ2v) is 6.00. The van der Waals surface area contributed by atoms with Crippen molar-refractivity contribution in [3.63, 3.8) is 0 Å². The maximum atomic E-state index is 2.56. The summed E-state index contributed by atoms with van der Waals surface area (Å²) in [5, 5.41) is 0. The molecule has 4 bridgehead atoms. The first-order valence-electron chi connectivity index (χ1n) is 6.05. The molecular weight excluding hydrogens is 156 g/mol. The Labute approximate surface area is 80.4 Å². The van der Waals surface area contributed by atoms with Crippen LogP contribution in [0.3, 0.4) is 0 Å². The van der Waals surface area contributed by atoms with E-state index >= 15 is 0 Å². The van der Waals surface area contributed by atoms with Crippen LogP contribution in [0.2, 0.25) is 0 Å². The zero-order valence-electron chi connectivity index (χ0n) is 8.21.